The summed E-state index contributed by atoms with van der Waals surface area (Å²) in [7, 11) is 0. The number of hydrogen-bond donors (Lipinski definition) is 1. The number of para-hydroxylation sites is 1. The lowest BCUT2D eigenvalue weighted by molar-refractivity contribution is -0.112. The van der Waals surface area contributed by atoms with Crippen molar-refractivity contribution in [3.05, 3.63) is 41.6 Å². The molecule has 0 aliphatic heterocycles. The highest BCUT2D eigenvalue weighted by Gasteiger charge is 2.14. The van der Waals surface area contributed by atoms with Crippen molar-refractivity contribution in [1.29, 1.82) is 5.26 Å². The summed E-state index contributed by atoms with van der Waals surface area (Å²) in [6.07, 6.45) is 1.69. The lowest BCUT2D eigenvalue weighted by atomic mass is 10.1. The van der Waals surface area contributed by atoms with Crippen molar-refractivity contribution in [3.8, 4) is 6.07 Å². The Morgan fingerprint density at radius 2 is 1.78 bits per heavy atom. The maximum atomic E-state index is 12.4. The van der Waals surface area contributed by atoms with Gasteiger partial charge in [0.15, 0.2) is 0 Å². The first-order valence-corrected chi connectivity index (χ1v) is 8.06. The van der Waals surface area contributed by atoms with Crippen LogP contribution in [0.15, 0.2) is 36.0 Å². The number of nitrogens with zero attached hydrogens (tertiary/aromatic N) is 2. The maximum Gasteiger partial charge on any atom is 0.267 e. The van der Waals surface area contributed by atoms with E-state index in [1.165, 1.54) is 0 Å². The van der Waals surface area contributed by atoms with Gasteiger partial charge in [-0.05, 0) is 30.4 Å². The molecule has 0 aromatic heterocycles. The van der Waals surface area contributed by atoms with Crippen LogP contribution in [0.3, 0.4) is 0 Å². The first-order chi connectivity index (χ1) is 10.8. The van der Waals surface area contributed by atoms with Crippen molar-refractivity contribution in [2.45, 2.75) is 34.6 Å². The van der Waals surface area contributed by atoms with Gasteiger partial charge in [-0.15, -0.1) is 0 Å². The molecular formula is C19H27N3O. The topological polar surface area (TPSA) is 56.1 Å². The molecule has 1 aromatic carbocycles. The molecule has 124 valence electrons. The highest BCUT2D eigenvalue weighted by atomic mass is 16.1. The Kier molecular flexibility index (Phi) is 7.34. The summed E-state index contributed by atoms with van der Waals surface area (Å²) in [6.45, 7) is 12.1. The molecule has 0 spiro atoms. The van der Waals surface area contributed by atoms with E-state index < -0.39 is 0 Å². The summed E-state index contributed by atoms with van der Waals surface area (Å²) in [5.74, 6) is 0.563. The molecule has 0 atom stereocenters. The van der Waals surface area contributed by atoms with Crippen molar-refractivity contribution in [2.75, 3.05) is 18.4 Å². The van der Waals surface area contributed by atoms with E-state index in [2.05, 4.69) is 37.9 Å². The Morgan fingerprint density at radius 3 is 2.26 bits per heavy atom. The van der Waals surface area contributed by atoms with Crippen LogP contribution in [0.5, 0.6) is 0 Å². The lowest BCUT2D eigenvalue weighted by Crippen LogP contribution is -2.28. The van der Waals surface area contributed by atoms with Crippen molar-refractivity contribution in [2.24, 2.45) is 11.8 Å². The van der Waals surface area contributed by atoms with Crippen molar-refractivity contribution in [3.63, 3.8) is 0 Å². The van der Waals surface area contributed by atoms with Gasteiger partial charge in [0.25, 0.3) is 5.91 Å². The average Bonchev–Trinajstić information content (AvgIpc) is 2.45. The predicted octanol–water partition coefficient (Wildman–Crippen LogP) is 3.96. The van der Waals surface area contributed by atoms with Crippen LogP contribution in [0.1, 0.15) is 33.3 Å². The Morgan fingerprint density at radius 1 is 1.22 bits per heavy atom. The molecule has 0 radical (unpaired) electrons. The number of nitrogens with one attached hydrogen (secondary N) is 1. The minimum absolute atomic E-state index is 0.134. The number of carbonyl (C=O) groups is 1. The van der Waals surface area contributed by atoms with Crippen LogP contribution < -0.4 is 5.32 Å². The van der Waals surface area contributed by atoms with Gasteiger partial charge in [-0.2, -0.15) is 5.26 Å². The Balaban J connectivity index is 2.92. The van der Waals surface area contributed by atoms with Crippen LogP contribution in [0.2, 0.25) is 0 Å². The highest BCUT2D eigenvalue weighted by Crippen LogP contribution is 2.15. The van der Waals surface area contributed by atoms with E-state index in [0.717, 1.165) is 24.3 Å². The molecule has 0 saturated carbocycles. The van der Waals surface area contributed by atoms with Crippen LogP contribution in [0.25, 0.3) is 0 Å². The van der Waals surface area contributed by atoms with Gasteiger partial charge in [-0.1, -0.05) is 45.9 Å². The number of carbonyl (C=O) groups excluding carboxylic acids is 1. The molecule has 0 heterocycles. The van der Waals surface area contributed by atoms with E-state index in [1.807, 2.05) is 37.3 Å². The Hall–Kier alpha value is -2.28. The van der Waals surface area contributed by atoms with Crippen molar-refractivity contribution in [1.82, 2.24) is 4.90 Å². The molecule has 0 fully saturated rings. The van der Waals surface area contributed by atoms with E-state index in [1.54, 1.807) is 6.20 Å². The third-order valence-electron chi connectivity index (χ3n) is 3.27. The van der Waals surface area contributed by atoms with Crippen LogP contribution in [0.4, 0.5) is 5.69 Å². The van der Waals surface area contributed by atoms with Crippen molar-refractivity contribution < 1.29 is 4.79 Å². The fourth-order valence-electron chi connectivity index (χ4n) is 2.34. The summed E-state index contributed by atoms with van der Waals surface area (Å²) in [6, 6.07) is 9.57. The SMILES string of the molecule is Cc1ccccc1NC(=O)/C(C#N)=C\N(CC(C)C)CC(C)C. The molecule has 0 aliphatic carbocycles. The van der Waals surface area contributed by atoms with Gasteiger partial charge in [-0.25, -0.2) is 0 Å². The molecule has 4 nitrogen and oxygen atoms in total. The first kappa shape index (κ1) is 18.8. The van der Waals surface area contributed by atoms with Crippen LogP contribution in [-0.4, -0.2) is 23.9 Å². The van der Waals surface area contributed by atoms with E-state index in [4.69, 9.17) is 0 Å². The number of anilines is 1. The number of aryl methyl sites for hydroxylation is 1. The Bertz CT molecular complexity index is 587. The molecule has 0 saturated heterocycles. The quantitative estimate of drug-likeness (QED) is 0.612. The first-order valence-electron chi connectivity index (χ1n) is 8.06. The normalized spacial score (nSPS) is 11.5. The number of nitriles is 1. The molecule has 23 heavy (non-hydrogen) atoms. The number of rotatable bonds is 7. The maximum absolute atomic E-state index is 12.4. The third-order valence-corrected chi connectivity index (χ3v) is 3.27. The highest BCUT2D eigenvalue weighted by molar-refractivity contribution is 6.06. The molecule has 1 N–H and O–H groups in total. The van der Waals surface area contributed by atoms with E-state index >= 15 is 0 Å². The fraction of sp³-hybridized carbons (Fsp3) is 0.474. The number of amides is 1. The fourth-order valence-corrected chi connectivity index (χ4v) is 2.34. The van der Waals surface area contributed by atoms with E-state index in [0.29, 0.717) is 11.8 Å². The largest absolute Gasteiger partial charge is 0.376 e. The standard InChI is InChI=1S/C19H27N3O/c1-14(2)11-22(12-15(3)4)13-17(10-20)19(23)21-18-9-7-6-8-16(18)5/h6-9,13-15H,11-12H2,1-5H3,(H,21,23)/b17-13-. The van der Waals surface area contributed by atoms with Crippen molar-refractivity contribution >= 4 is 11.6 Å². The molecule has 1 rings (SSSR count). The van der Waals surface area contributed by atoms with E-state index in [-0.39, 0.29) is 11.5 Å². The molecule has 1 aromatic rings. The zero-order valence-corrected chi connectivity index (χ0v) is 14.8. The second kappa shape index (κ2) is 8.99. The van der Waals surface area contributed by atoms with Gasteiger partial charge in [0, 0.05) is 25.0 Å². The van der Waals surface area contributed by atoms with Gasteiger partial charge >= 0.3 is 0 Å². The second-order valence-electron chi connectivity index (χ2n) is 6.67. The molecule has 0 bridgehead atoms. The van der Waals surface area contributed by atoms with Crippen LogP contribution in [-0.2, 0) is 4.79 Å². The summed E-state index contributed by atoms with van der Waals surface area (Å²) in [5, 5.41) is 12.2. The van der Waals surface area contributed by atoms with Gasteiger partial charge in [0.1, 0.15) is 11.6 Å². The summed E-state index contributed by atoms with van der Waals surface area (Å²) in [4.78, 5) is 14.4. The zero-order valence-electron chi connectivity index (χ0n) is 14.8. The number of hydrogen-bond acceptors (Lipinski definition) is 3. The molecule has 0 aliphatic rings. The second-order valence-corrected chi connectivity index (χ2v) is 6.67. The Labute approximate surface area is 139 Å². The van der Waals surface area contributed by atoms with Crippen LogP contribution >= 0.6 is 0 Å². The minimum Gasteiger partial charge on any atom is -0.376 e. The molecule has 0 unspecified atom stereocenters. The monoisotopic (exact) mass is 313 g/mol. The smallest absolute Gasteiger partial charge is 0.267 e. The minimum atomic E-state index is -0.362. The summed E-state index contributed by atoms with van der Waals surface area (Å²) < 4.78 is 0. The molecule has 1 amide bonds. The van der Waals surface area contributed by atoms with Gasteiger partial charge in [0.05, 0.1) is 0 Å². The van der Waals surface area contributed by atoms with Gasteiger partial charge in [-0.3, -0.25) is 4.79 Å². The van der Waals surface area contributed by atoms with Gasteiger partial charge < -0.3 is 10.2 Å². The van der Waals surface area contributed by atoms with Crippen LogP contribution in [0, 0.1) is 30.1 Å². The summed E-state index contributed by atoms with van der Waals surface area (Å²) >= 11 is 0. The third kappa shape index (κ3) is 6.56. The average molecular weight is 313 g/mol. The molecular weight excluding hydrogens is 286 g/mol. The van der Waals surface area contributed by atoms with E-state index in [9.17, 15) is 10.1 Å². The molecule has 4 heteroatoms. The zero-order chi connectivity index (χ0) is 17.4. The predicted molar refractivity (Wildman–Crippen MR) is 94.8 cm³/mol. The summed E-state index contributed by atoms with van der Waals surface area (Å²) in [5.41, 5.74) is 1.84. The van der Waals surface area contributed by atoms with Gasteiger partial charge in [0.2, 0.25) is 0 Å². The lowest BCUT2D eigenvalue weighted by Gasteiger charge is -2.25. The number of benzene rings is 1.